The number of rotatable bonds is 8. The van der Waals surface area contributed by atoms with Crippen molar-refractivity contribution in [2.24, 2.45) is 0 Å². The fourth-order valence-electron chi connectivity index (χ4n) is 2.81. The van der Waals surface area contributed by atoms with Gasteiger partial charge in [-0.15, -0.1) is 0 Å². The van der Waals surface area contributed by atoms with Crippen LogP contribution in [0.15, 0.2) is 66.4 Å². The van der Waals surface area contributed by atoms with Gasteiger partial charge in [0.1, 0.15) is 5.70 Å². The molecular formula is C23H26N2O4. The lowest BCUT2D eigenvalue weighted by Gasteiger charge is -2.25. The van der Waals surface area contributed by atoms with Crippen molar-refractivity contribution in [2.45, 2.75) is 26.9 Å². The predicted molar refractivity (Wildman–Crippen MR) is 111 cm³/mol. The van der Waals surface area contributed by atoms with Crippen molar-refractivity contribution in [3.8, 4) is 0 Å². The predicted octanol–water partition coefficient (Wildman–Crippen LogP) is 3.32. The van der Waals surface area contributed by atoms with Gasteiger partial charge in [0.15, 0.2) is 0 Å². The van der Waals surface area contributed by atoms with E-state index in [2.05, 4.69) is 5.32 Å². The number of likely N-dealkylation sites (N-methyl/N-ethyl adjacent to an activating group) is 1. The van der Waals surface area contributed by atoms with Gasteiger partial charge in [-0.2, -0.15) is 0 Å². The molecule has 0 spiro atoms. The molecule has 152 valence electrons. The first-order valence-corrected chi connectivity index (χ1v) is 9.55. The molecule has 0 aliphatic carbocycles. The molecule has 0 aliphatic heterocycles. The van der Waals surface area contributed by atoms with Gasteiger partial charge in [-0.25, -0.2) is 4.79 Å². The highest BCUT2D eigenvalue weighted by atomic mass is 16.5. The summed E-state index contributed by atoms with van der Waals surface area (Å²) in [7, 11) is 0. The molecule has 29 heavy (non-hydrogen) atoms. The minimum absolute atomic E-state index is 0.0306. The number of carbonyl (C=O) groups excluding carboxylic acids is 3. The number of nitrogens with one attached hydrogen (secondary N) is 1. The van der Waals surface area contributed by atoms with Crippen LogP contribution in [0, 0.1) is 0 Å². The molecule has 2 rings (SSSR count). The Balaban J connectivity index is 2.36. The monoisotopic (exact) mass is 394 g/mol. The van der Waals surface area contributed by atoms with Crippen LogP contribution in [0.5, 0.6) is 0 Å². The standard InChI is InChI=1S/C23H26N2O4/c1-4-25(5-2)22(27)21(19-14-10-7-11-15-19)29-23(28)20(24-17(3)26)16-18-12-8-6-9-13-18/h6-16,21H,4-5H2,1-3H3,(H,24,26)/b20-16-/t21-/m0/s1. The van der Waals surface area contributed by atoms with Crippen LogP contribution in [-0.2, 0) is 19.1 Å². The van der Waals surface area contributed by atoms with Gasteiger partial charge in [0.05, 0.1) is 0 Å². The lowest BCUT2D eigenvalue weighted by atomic mass is 10.1. The Bertz CT molecular complexity index is 859. The molecule has 6 heteroatoms. The van der Waals surface area contributed by atoms with E-state index in [4.69, 9.17) is 4.74 Å². The molecule has 2 aromatic carbocycles. The van der Waals surface area contributed by atoms with Gasteiger partial charge in [0, 0.05) is 25.6 Å². The van der Waals surface area contributed by atoms with Crippen LogP contribution >= 0.6 is 0 Å². The SMILES string of the molecule is CCN(CC)C(=O)[C@@H](OC(=O)/C(=C/c1ccccc1)NC(C)=O)c1ccccc1. The van der Waals surface area contributed by atoms with Crippen LogP contribution in [0.25, 0.3) is 6.08 Å². The second kappa shape index (κ2) is 10.8. The van der Waals surface area contributed by atoms with Crippen molar-refractivity contribution in [2.75, 3.05) is 13.1 Å². The normalized spacial score (nSPS) is 12.0. The number of nitrogens with zero attached hydrogens (tertiary/aromatic N) is 1. The molecule has 0 saturated carbocycles. The van der Waals surface area contributed by atoms with Crippen LogP contribution in [0.3, 0.4) is 0 Å². The number of amides is 2. The van der Waals surface area contributed by atoms with E-state index in [1.165, 1.54) is 13.0 Å². The topological polar surface area (TPSA) is 75.7 Å². The smallest absolute Gasteiger partial charge is 0.355 e. The second-order valence-electron chi connectivity index (χ2n) is 6.36. The third-order valence-corrected chi connectivity index (χ3v) is 4.27. The van der Waals surface area contributed by atoms with Crippen molar-refractivity contribution in [1.82, 2.24) is 10.2 Å². The van der Waals surface area contributed by atoms with Gasteiger partial charge in [-0.1, -0.05) is 60.7 Å². The quantitative estimate of drug-likeness (QED) is 0.551. The lowest BCUT2D eigenvalue weighted by molar-refractivity contribution is -0.158. The molecule has 2 aromatic rings. The summed E-state index contributed by atoms with van der Waals surface area (Å²) in [6.45, 7) is 6.03. The van der Waals surface area contributed by atoms with E-state index < -0.39 is 18.0 Å². The summed E-state index contributed by atoms with van der Waals surface area (Å²) in [5.74, 6) is -1.50. The molecule has 2 amide bonds. The third kappa shape index (κ3) is 6.31. The zero-order valence-electron chi connectivity index (χ0n) is 16.9. The average molecular weight is 394 g/mol. The molecule has 0 aromatic heterocycles. The number of carbonyl (C=O) groups is 3. The van der Waals surface area contributed by atoms with Crippen molar-refractivity contribution in [1.29, 1.82) is 0 Å². The Morgan fingerprint density at radius 3 is 2.03 bits per heavy atom. The first-order valence-electron chi connectivity index (χ1n) is 9.55. The minimum atomic E-state index is -1.10. The van der Waals surface area contributed by atoms with Crippen molar-refractivity contribution in [3.63, 3.8) is 0 Å². The van der Waals surface area contributed by atoms with Crippen molar-refractivity contribution >= 4 is 23.9 Å². The molecule has 0 fully saturated rings. The van der Waals surface area contributed by atoms with Crippen LogP contribution in [-0.4, -0.2) is 35.8 Å². The molecular weight excluding hydrogens is 368 g/mol. The largest absolute Gasteiger partial charge is 0.443 e. The number of esters is 1. The Kier molecular flexibility index (Phi) is 8.15. The van der Waals surface area contributed by atoms with E-state index >= 15 is 0 Å². The maximum Gasteiger partial charge on any atom is 0.355 e. The highest BCUT2D eigenvalue weighted by Gasteiger charge is 2.29. The summed E-state index contributed by atoms with van der Waals surface area (Å²) in [5.41, 5.74) is 1.26. The van der Waals surface area contributed by atoms with E-state index in [-0.39, 0.29) is 11.6 Å². The van der Waals surface area contributed by atoms with Crippen LogP contribution in [0.1, 0.15) is 38.0 Å². The van der Waals surface area contributed by atoms with E-state index in [1.807, 2.05) is 38.1 Å². The molecule has 0 aliphatic rings. The maximum absolute atomic E-state index is 13.0. The van der Waals surface area contributed by atoms with Gasteiger partial charge in [0.25, 0.3) is 5.91 Å². The van der Waals surface area contributed by atoms with Crippen LogP contribution in [0.2, 0.25) is 0 Å². The van der Waals surface area contributed by atoms with Gasteiger partial charge in [0.2, 0.25) is 12.0 Å². The summed E-state index contributed by atoms with van der Waals surface area (Å²) in [4.78, 5) is 39.1. The van der Waals surface area contributed by atoms with E-state index in [0.29, 0.717) is 18.7 Å². The lowest BCUT2D eigenvalue weighted by Crippen LogP contribution is -2.37. The van der Waals surface area contributed by atoms with E-state index in [1.54, 1.807) is 41.3 Å². The van der Waals surface area contributed by atoms with Crippen molar-refractivity contribution in [3.05, 3.63) is 77.5 Å². The number of benzene rings is 2. The number of hydrogen-bond donors (Lipinski definition) is 1. The van der Waals surface area contributed by atoms with Gasteiger partial charge < -0.3 is 15.0 Å². The zero-order chi connectivity index (χ0) is 21.2. The molecule has 0 unspecified atom stereocenters. The van der Waals surface area contributed by atoms with Gasteiger partial charge >= 0.3 is 5.97 Å². The Morgan fingerprint density at radius 2 is 1.52 bits per heavy atom. The zero-order valence-corrected chi connectivity index (χ0v) is 16.9. The molecule has 0 heterocycles. The Hall–Kier alpha value is -3.41. The maximum atomic E-state index is 13.0. The van der Waals surface area contributed by atoms with E-state index in [9.17, 15) is 14.4 Å². The molecule has 0 bridgehead atoms. The minimum Gasteiger partial charge on any atom is -0.443 e. The molecule has 0 saturated heterocycles. The van der Waals surface area contributed by atoms with Crippen LogP contribution in [0.4, 0.5) is 0 Å². The van der Waals surface area contributed by atoms with Crippen LogP contribution < -0.4 is 5.32 Å². The number of hydrogen-bond acceptors (Lipinski definition) is 4. The summed E-state index contributed by atoms with van der Waals surface area (Å²) in [6.07, 6.45) is 0.421. The van der Waals surface area contributed by atoms with Gasteiger partial charge in [-0.05, 0) is 25.5 Å². The summed E-state index contributed by atoms with van der Waals surface area (Å²) < 4.78 is 5.61. The molecule has 6 nitrogen and oxygen atoms in total. The van der Waals surface area contributed by atoms with Crippen molar-refractivity contribution < 1.29 is 19.1 Å². The van der Waals surface area contributed by atoms with Gasteiger partial charge in [-0.3, -0.25) is 9.59 Å². The molecule has 1 N–H and O–H groups in total. The Morgan fingerprint density at radius 1 is 0.966 bits per heavy atom. The van der Waals surface area contributed by atoms with E-state index in [0.717, 1.165) is 5.56 Å². The second-order valence-corrected chi connectivity index (χ2v) is 6.36. The average Bonchev–Trinajstić information content (AvgIpc) is 2.73. The number of ether oxygens (including phenoxy) is 1. The first kappa shape index (κ1) is 21.9. The third-order valence-electron chi connectivity index (χ3n) is 4.27. The molecule has 0 radical (unpaired) electrons. The first-order chi connectivity index (χ1) is 14.0. The fourth-order valence-corrected chi connectivity index (χ4v) is 2.81. The Labute approximate surface area is 171 Å². The fraction of sp³-hybridized carbons (Fsp3) is 0.261. The highest BCUT2D eigenvalue weighted by Crippen LogP contribution is 2.22. The highest BCUT2D eigenvalue weighted by molar-refractivity contribution is 5.99. The molecule has 1 atom stereocenters. The summed E-state index contributed by atoms with van der Waals surface area (Å²) in [5, 5.41) is 2.50. The summed E-state index contributed by atoms with van der Waals surface area (Å²) >= 11 is 0. The summed E-state index contributed by atoms with van der Waals surface area (Å²) in [6, 6.07) is 17.9.